The number of carbonyl (C=O) groups is 1. The van der Waals surface area contributed by atoms with Crippen molar-refractivity contribution in [3.05, 3.63) is 16.7 Å². The molecular weight excluding hydrogens is 324 g/mol. The van der Waals surface area contributed by atoms with Crippen molar-refractivity contribution < 1.29 is 30.0 Å². The Kier molecular flexibility index (Phi) is 4.27. The number of anilines is 2. The molecule has 3 rings (SSSR count). The molecule has 0 radical (unpaired) electrons. The molecule has 3 heterocycles. The molecule has 1 saturated heterocycles. The number of hydrogen-bond acceptors (Lipinski definition) is 9. The van der Waals surface area contributed by atoms with Gasteiger partial charge in [-0.2, -0.15) is 0 Å². The van der Waals surface area contributed by atoms with Gasteiger partial charge in [0.15, 0.2) is 17.7 Å². The SMILES string of the molecule is CC(O)C(=O)N1CN([C@@H]2O[C@H](CO)[C@@H](O)[C@H]2O)c2nc[nH]c(=O)c21. The van der Waals surface area contributed by atoms with Crippen molar-refractivity contribution >= 4 is 17.4 Å². The highest BCUT2D eigenvalue weighted by molar-refractivity contribution is 6.00. The zero-order valence-corrected chi connectivity index (χ0v) is 12.7. The largest absolute Gasteiger partial charge is 0.394 e. The fourth-order valence-corrected chi connectivity index (χ4v) is 2.87. The van der Waals surface area contributed by atoms with Crippen LogP contribution in [-0.4, -0.2) is 80.2 Å². The van der Waals surface area contributed by atoms with Gasteiger partial charge in [0.25, 0.3) is 11.5 Å². The summed E-state index contributed by atoms with van der Waals surface area (Å²) in [6.45, 7) is 0.558. The van der Waals surface area contributed by atoms with Gasteiger partial charge in [-0.15, -0.1) is 0 Å². The Morgan fingerprint density at radius 2 is 2.21 bits per heavy atom. The molecule has 0 saturated carbocycles. The van der Waals surface area contributed by atoms with Crippen LogP contribution < -0.4 is 15.4 Å². The molecule has 2 aliphatic rings. The highest BCUT2D eigenvalue weighted by Crippen LogP contribution is 2.36. The molecule has 1 aromatic rings. The van der Waals surface area contributed by atoms with Crippen molar-refractivity contribution in [3.8, 4) is 0 Å². The molecule has 0 aliphatic carbocycles. The maximum Gasteiger partial charge on any atom is 0.277 e. The molecule has 0 aromatic carbocycles. The van der Waals surface area contributed by atoms with Gasteiger partial charge in [-0.05, 0) is 6.92 Å². The second-order valence-electron chi connectivity index (χ2n) is 5.69. The minimum atomic E-state index is -1.38. The summed E-state index contributed by atoms with van der Waals surface area (Å²) in [6, 6.07) is 0. The molecule has 24 heavy (non-hydrogen) atoms. The van der Waals surface area contributed by atoms with Crippen LogP contribution in [0.3, 0.4) is 0 Å². The summed E-state index contributed by atoms with van der Waals surface area (Å²) < 4.78 is 5.43. The molecular formula is C13H18N4O7. The zero-order chi connectivity index (χ0) is 17.6. The molecule has 1 amide bonds. The molecule has 1 aromatic heterocycles. The van der Waals surface area contributed by atoms with Gasteiger partial charge in [-0.1, -0.05) is 0 Å². The van der Waals surface area contributed by atoms with E-state index in [1.165, 1.54) is 11.8 Å². The first kappa shape index (κ1) is 16.8. The third kappa shape index (κ3) is 2.46. The van der Waals surface area contributed by atoms with Crippen LogP contribution in [0.2, 0.25) is 0 Å². The predicted octanol–water partition coefficient (Wildman–Crippen LogP) is -3.30. The summed E-state index contributed by atoms with van der Waals surface area (Å²) in [6.07, 6.45) is -5.03. The molecule has 11 nitrogen and oxygen atoms in total. The highest BCUT2D eigenvalue weighted by atomic mass is 16.6. The van der Waals surface area contributed by atoms with E-state index < -0.39 is 48.7 Å². The van der Waals surface area contributed by atoms with Gasteiger partial charge in [-0.3, -0.25) is 14.5 Å². The standard InChI is InChI=1S/C13H18N4O7/c1-5(19)12(23)16-4-17(10-7(16)11(22)15-3-14-10)13-9(21)8(20)6(2-18)24-13/h3,5-6,8-9,13,18-21H,2,4H2,1H3,(H,14,15,22)/t5?,6-,8-,9-,13-/m1/s1. The number of aliphatic hydroxyl groups is 4. The van der Waals surface area contributed by atoms with Gasteiger partial charge in [0, 0.05) is 0 Å². The van der Waals surface area contributed by atoms with E-state index in [0.717, 1.165) is 11.2 Å². The smallest absolute Gasteiger partial charge is 0.277 e. The molecule has 0 bridgehead atoms. The Bertz CT molecular complexity index is 693. The maximum absolute atomic E-state index is 12.2. The van der Waals surface area contributed by atoms with Gasteiger partial charge in [0.1, 0.15) is 31.1 Å². The Hall–Kier alpha value is -2.05. The molecule has 1 unspecified atom stereocenters. The van der Waals surface area contributed by atoms with Gasteiger partial charge >= 0.3 is 0 Å². The second kappa shape index (κ2) is 6.11. The van der Waals surface area contributed by atoms with Gasteiger partial charge in [-0.25, -0.2) is 4.98 Å². The van der Waals surface area contributed by atoms with E-state index in [0.29, 0.717) is 0 Å². The molecule has 132 valence electrons. The predicted molar refractivity (Wildman–Crippen MR) is 79.1 cm³/mol. The number of H-pyrrole nitrogens is 1. The van der Waals surface area contributed by atoms with Gasteiger partial charge in [0.2, 0.25) is 0 Å². The zero-order valence-electron chi connectivity index (χ0n) is 12.7. The van der Waals surface area contributed by atoms with Crippen molar-refractivity contribution in [1.29, 1.82) is 0 Å². The number of ether oxygens (including phenoxy) is 1. The average molecular weight is 342 g/mol. The summed E-state index contributed by atoms with van der Waals surface area (Å²) in [5.41, 5.74) is -0.676. The van der Waals surface area contributed by atoms with E-state index in [-0.39, 0.29) is 18.2 Å². The number of aromatic amines is 1. The Morgan fingerprint density at radius 3 is 2.79 bits per heavy atom. The summed E-state index contributed by atoms with van der Waals surface area (Å²) in [5, 5.41) is 38.7. The highest BCUT2D eigenvalue weighted by Gasteiger charge is 2.49. The number of amides is 1. The topological polar surface area (TPSA) is 159 Å². The lowest BCUT2D eigenvalue weighted by atomic mass is 10.1. The first-order chi connectivity index (χ1) is 11.4. The number of carbonyl (C=O) groups excluding carboxylic acids is 1. The third-order valence-electron chi connectivity index (χ3n) is 4.09. The fourth-order valence-electron chi connectivity index (χ4n) is 2.87. The molecule has 0 spiro atoms. The quantitative estimate of drug-likeness (QED) is 0.379. The first-order valence-electron chi connectivity index (χ1n) is 7.33. The monoisotopic (exact) mass is 342 g/mol. The molecule has 5 atom stereocenters. The lowest BCUT2D eigenvalue weighted by molar-refractivity contribution is -0.125. The number of rotatable bonds is 3. The van der Waals surface area contributed by atoms with Crippen LogP contribution in [0.15, 0.2) is 11.1 Å². The minimum Gasteiger partial charge on any atom is -0.394 e. The minimum absolute atomic E-state index is 0.0718. The Morgan fingerprint density at radius 1 is 1.50 bits per heavy atom. The summed E-state index contributed by atoms with van der Waals surface area (Å²) in [5.74, 6) is -0.647. The molecule has 11 heteroatoms. The van der Waals surface area contributed by atoms with Crippen LogP contribution in [-0.2, 0) is 9.53 Å². The van der Waals surface area contributed by atoms with Crippen LogP contribution in [0, 0.1) is 0 Å². The third-order valence-corrected chi connectivity index (χ3v) is 4.09. The van der Waals surface area contributed by atoms with E-state index in [1.54, 1.807) is 0 Å². The van der Waals surface area contributed by atoms with Crippen molar-refractivity contribution in [1.82, 2.24) is 9.97 Å². The number of nitrogens with zero attached hydrogens (tertiary/aromatic N) is 3. The van der Waals surface area contributed by atoms with Crippen LogP contribution in [0.5, 0.6) is 0 Å². The lowest BCUT2D eigenvalue weighted by Crippen LogP contribution is -2.48. The summed E-state index contributed by atoms with van der Waals surface area (Å²) in [7, 11) is 0. The number of nitrogens with one attached hydrogen (secondary N) is 1. The van der Waals surface area contributed by atoms with Crippen molar-refractivity contribution in [2.45, 2.75) is 37.6 Å². The Balaban J connectivity index is 1.99. The normalized spacial score (nSPS) is 30.5. The number of fused-ring (bicyclic) bond motifs is 1. The number of aromatic nitrogens is 2. The van der Waals surface area contributed by atoms with E-state index in [9.17, 15) is 30.0 Å². The van der Waals surface area contributed by atoms with Crippen molar-refractivity contribution in [2.24, 2.45) is 0 Å². The van der Waals surface area contributed by atoms with E-state index in [4.69, 9.17) is 4.74 Å². The number of aliphatic hydroxyl groups excluding tert-OH is 4. The van der Waals surface area contributed by atoms with Crippen LogP contribution in [0.4, 0.5) is 11.5 Å². The van der Waals surface area contributed by atoms with Crippen molar-refractivity contribution in [3.63, 3.8) is 0 Å². The number of hydrogen-bond donors (Lipinski definition) is 5. The first-order valence-corrected chi connectivity index (χ1v) is 7.33. The average Bonchev–Trinajstić information content (AvgIpc) is 3.07. The van der Waals surface area contributed by atoms with E-state index in [2.05, 4.69) is 9.97 Å². The van der Waals surface area contributed by atoms with E-state index >= 15 is 0 Å². The maximum atomic E-state index is 12.2. The molecule has 2 aliphatic heterocycles. The summed E-state index contributed by atoms with van der Waals surface area (Å²) >= 11 is 0. The summed E-state index contributed by atoms with van der Waals surface area (Å²) in [4.78, 5) is 33.0. The van der Waals surface area contributed by atoms with Crippen LogP contribution in [0.25, 0.3) is 0 Å². The Labute approximate surface area is 135 Å². The van der Waals surface area contributed by atoms with E-state index in [1.807, 2.05) is 0 Å². The lowest BCUT2D eigenvalue weighted by Gasteiger charge is -2.28. The van der Waals surface area contributed by atoms with Crippen LogP contribution in [0.1, 0.15) is 6.92 Å². The van der Waals surface area contributed by atoms with Gasteiger partial charge in [0.05, 0.1) is 12.9 Å². The second-order valence-corrected chi connectivity index (χ2v) is 5.69. The molecule has 1 fully saturated rings. The fraction of sp³-hybridized carbons (Fsp3) is 0.615. The van der Waals surface area contributed by atoms with Crippen molar-refractivity contribution in [2.75, 3.05) is 23.1 Å². The van der Waals surface area contributed by atoms with Crippen LogP contribution >= 0.6 is 0 Å². The molecule has 5 N–H and O–H groups in total. The van der Waals surface area contributed by atoms with Gasteiger partial charge < -0.3 is 35.0 Å².